The molecule has 0 aliphatic carbocycles. The fourth-order valence-corrected chi connectivity index (χ4v) is 3.04. The summed E-state index contributed by atoms with van der Waals surface area (Å²) in [6.45, 7) is 5.93. The van der Waals surface area contributed by atoms with Crippen LogP contribution in [0.25, 0.3) is 0 Å². The van der Waals surface area contributed by atoms with Crippen molar-refractivity contribution < 1.29 is 4.79 Å². The number of carbonyl (C=O) groups excluding carboxylic acids is 1. The van der Waals surface area contributed by atoms with Gasteiger partial charge in [0.2, 0.25) is 5.91 Å². The first-order valence-corrected chi connectivity index (χ1v) is 6.41. The number of nitrogens with zero attached hydrogens (tertiary/aromatic N) is 2. The summed E-state index contributed by atoms with van der Waals surface area (Å²) in [6, 6.07) is 5.79. The predicted octanol–water partition coefficient (Wildman–Crippen LogP) is 2.91. The van der Waals surface area contributed by atoms with Crippen molar-refractivity contribution in [2.45, 2.75) is 26.9 Å². The molecule has 0 aromatic heterocycles. The van der Waals surface area contributed by atoms with Crippen molar-refractivity contribution >= 4 is 23.2 Å². The lowest BCUT2D eigenvalue weighted by Gasteiger charge is -2.55. The van der Waals surface area contributed by atoms with Crippen LogP contribution in [0.1, 0.15) is 19.4 Å². The minimum atomic E-state index is -0.363. The highest BCUT2D eigenvalue weighted by atomic mass is 35.5. The summed E-state index contributed by atoms with van der Waals surface area (Å²) in [5.74, 6) is 0.118. The summed E-state index contributed by atoms with van der Waals surface area (Å²) in [5, 5.41) is 0.630. The molecule has 18 heavy (non-hydrogen) atoms. The van der Waals surface area contributed by atoms with Gasteiger partial charge in [0.15, 0.2) is 0 Å². The number of rotatable bonds is 2. The average molecular weight is 267 g/mol. The molecule has 1 atom stereocenters. The lowest BCUT2D eigenvalue weighted by molar-refractivity contribution is -0.142. The molecule has 1 aromatic carbocycles. The van der Waals surface area contributed by atoms with E-state index in [0.717, 1.165) is 11.3 Å². The smallest absolute Gasteiger partial charge is 0.237 e. The Morgan fingerprint density at radius 3 is 2.44 bits per heavy atom. The van der Waals surface area contributed by atoms with Crippen LogP contribution < -0.4 is 4.90 Å². The van der Waals surface area contributed by atoms with Gasteiger partial charge in [-0.15, -0.1) is 0 Å². The van der Waals surface area contributed by atoms with Crippen molar-refractivity contribution in [3.05, 3.63) is 28.8 Å². The second-order valence-electron chi connectivity index (χ2n) is 5.69. The lowest BCUT2D eigenvalue weighted by atomic mass is 9.77. The SMILES string of the molecule is Cc1ccc(N2C(=O)C(C)(C)C2N(C)C)c(Cl)c1. The molecule has 1 saturated heterocycles. The van der Waals surface area contributed by atoms with Crippen LogP contribution in [0.2, 0.25) is 5.02 Å². The van der Waals surface area contributed by atoms with Crippen molar-refractivity contribution in [1.29, 1.82) is 0 Å². The fourth-order valence-electron chi connectivity index (χ4n) is 2.71. The van der Waals surface area contributed by atoms with E-state index < -0.39 is 0 Å². The van der Waals surface area contributed by atoms with Crippen LogP contribution in [-0.4, -0.2) is 31.1 Å². The fraction of sp³-hybridized carbons (Fsp3) is 0.500. The Bertz CT molecular complexity index is 497. The first-order valence-electron chi connectivity index (χ1n) is 6.03. The molecule has 0 saturated carbocycles. The van der Waals surface area contributed by atoms with Gasteiger partial charge in [0.05, 0.1) is 16.1 Å². The summed E-state index contributed by atoms with van der Waals surface area (Å²) in [7, 11) is 3.96. The average Bonchev–Trinajstić information content (AvgIpc) is 2.25. The van der Waals surface area contributed by atoms with Gasteiger partial charge >= 0.3 is 0 Å². The quantitative estimate of drug-likeness (QED) is 0.769. The molecule has 98 valence electrons. The summed E-state index contributed by atoms with van der Waals surface area (Å²) >= 11 is 6.25. The third-order valence-corrected chi connectivity index (χ3v) is 3.81. The third-order valence-electron chi connectivity index (χ3n) is 3.51. The van der Waals surface area contributed by atoms with Gasteiger partial charge in [0, 0.05) is 0 Å². The standard InChI is InChI=1S/C14H19ClN2O/c1-9-6-7-11(10(15)8-9)17-12(16(4)5)14(2,3)13(17)18/h6-8,12H,1-5H3. The Morgan fingerprint density at radius 2 is 1.94 bits per heavy atom. The molecule has 4 heteroatoms. The molecule has 0 radical (unpaired) electrons. The van der Waals surface area contributed by atoms with Crippen molar-refractivity contribution in [3.63, 3.8) is 0 Å². The van der Waals surface area contributed by atoms with Gasteiger partial charge in [0.25, 0.3) is 0 Å². The molecule has 0 bridgehead atoms. The Labute approximate surface area is 113 Å². The number of aryl methyl sites for hydroxylation is 1. The Hall–Kier alpha value is -1.06. The normalized spacial score (nSPS) is 22.3. The molecule has 3 nitrogen and oxygen atoms in total. The summed E-state index contributed by atoms with van der Waals surface area (Å²) in [5.41, 5.74) is 1.53. The molecule has 1 heterocycles. The highest BCUT2D eigenvalue weighted by molar-refractivity contribution is 6.34. The van der Waals surface area contributed by atoms with Gasteiger partial charge in [-0.05, 0) is 52.6 Å². The van der Waals surface area contributed by atoms with Crippen molar-refractivity contribution in [2.24, 2.45) is 5.41 Å². The lowest BCUT2D eigenvalue weighted by Crippen LogP contribution is -2.71. The number of hydrogen-bond acceptors (Lipinski definition) is 2. The molecule has 1 aliphatic heterocycles. The number of anilines is 1. The summed E-state index contributed by atoms with van der Waals surface area (Å²) < 4.78 is 0. The first kappa shape index (κ1) is 13.4. The second kappa shape index (κ2) is 4.25. The van der Waals surface area contributed by atoms with Crippen LogP contribution in [0.5, 0.6) is 0 Å². The molecule has 1 aromatic rings. The van der Waals surface area contributed by atoms with Crippen molar-refractivity contribution in [2.75, 3.05) is 19.0 Å². The van der Waals surface area contributed by atoms with E-state index >= 15 is 0 Å². The van der Waals surface area contributed by atoms with Crippen LogP contribution in [0.3, 0.4) is 0 Å². The Balaban J connectivity index is 2.42. The first-order chi connectivity index (χ1) is 8.26. The maximum absolute atomic E-state index is 12.3. The molecule has 1 unspecified atom stereocenters. The van der Waals surface area contributed by atoms with E-state index in [-0.39, 0.29) is 17.5 Å². The minimum Gasteiger partial charge on any atom is -0.293 e. The maximum Gasteiger partial charge on any atom is 0.237 e. The van der Waals surface area contributed by atoms with E-state index in [1.54, 1.807) is 4.90 Å². The molecule has 0 N–H and O–H groups in total. The Morgan fingerprint density at radius 1 is 1.33 bits per heavy atom. The molecule has 1 aliphatic rings. The number of halogens is 1. The van der Waals surface area contributed by atoms with Crippen LogP contribution in [0.15, 0.2) is 18.2 Å². The van der Waals surface area contributed by atoms with Crippen LogP contribution in [0, 0.1) is 12.3 Å². The van der Waals surface area contributed by atoms with E-state index in [1.807, 2.05) is 53.1 Å². The summed E-state index contributed by atoms with van der Waals surface area (Å²) in [4.78, 5) is 16.1. The molecule has 2 rings (SSSR count). The van der Waals surface area contributed by atoms with Gasteiger partial charge in [-0.1, -0.05) is 17.7 Å². The van der Waals surface area contributed by atoms with E-state index in [4.69, 9.17) is 11.6 Å². The largest absolute Gasteiger partial charge is 0.293 e. The molecule has 0 spiro atoms. The molecular weight excluding hydrogens is 248 g/mol. The summed E-state index contributed by atoms with van der Waals surface area (Å²) in [6.07, 6.45) is 0.0465. The van der Waals surface area contributed by atoms with E-state index in [9.17, 15) is 4.79 Å². The molecule has 1 fully saturated rings. The third kappa shape index (κ3) is 1.82. The number of amides is 1. The maximum atomic E-state index is 12.3. The zero-order valence-corrected chi connectivity index (χ0v) is 12.2. The zero-order valence-electron chi connectivity index (χ0n) is 11.5. The van der Waals surface area contributed by atoms with Crippen LogP contribution in [0.4, 0.5) is 5.69 Å². The predicted molar refractivity (Wildman–Crippen MR) is 74.9 cm³/mol. The second-order valence-corrected chi connectivity index (χ2v) is 6.10. The number of benzene rings is 1. The van der Waals surface area contributed by atoms with Gasteiger partial charge < -0.3 is 0 Å². The van der Waals surface area contributed by atoms with Crippen molar-refractivity contribution in [3.8, 4) is 0 Å². The van der Waals surface area contributed by atoms with Gasteiger partial charge in [-0.2, -0.15) is 0 Å². The molecular formula is C14H19ClN2O. The monoisotopic (exact) mass is 266 g/mol. The number of β-lactam (4-membered cyclic amide) rings is 1. The van der Waals surface area contributed by atoms with E-state index in [1.165, 1.54) is 0 Å². The Kier molecular flexibility index (Phi) is 3.16. The van der Waals surface area contributed by atoms with Crippen LogP contribution >= 0.6 is 11.6 Å². The highest BCUT2D eigenvalue weighted by Gasteiger charge is 2.56. The minimum absolute atomic E-state index is 0.0465. The van der Waals surface area contributed by atoms with Gasteiger partial charge in [-0.25, -0.2) is 0 Å². The molecule has 1 amide bonds. The van der Waals surface area contributed by atoms with Gasteiger partial charge in [0.1, 0.15) is 6.17 Å². The highest BCUT2D eigenvalue weighted by Crippen LogP contribution is 2.44. The number of hydrogen-bond donors (Lipinski definition) is 0. The van der Waals surface area contributed by atoms with E-state index in [2.05, 4.69) is 4.90 Å². The number of carbonyl (C=O) groups is 1. The van der Waals surface area contributed by atoms with Crippen molar-refractivity contribution in [1.82, 2.24) is 4.90 Å². The zero-order chi connectivity index (χ0) is 13.7. The van der Waals surface area contributed by atoms with E-state index in [0.29, 0.717) is 5.02 Å². The van der Waals surface area contributed by atoms with Gasteiger partial charge in [-0.3, -0.25) is 14.6 Å². The van der Waals surface area contributed by atoms with Crippen LogP contribution in [-0.2, 0) is 4.79 Å². The topological polar surface area (TPSA) is 23.6 Å².